The van der Waals surface area contributed by atoms with Crippen molar-refractivity contribution in [1.82, 2.24) is 14.5 Å². The molecular weight excluding hydrogens is 382 g/mol. The fraction of sp³-hybridized carbons (Fsp3) is 0.444. The highest BCUT2D eigenvalue weighted by atomic mass is 32.2. The number of methoxy groups -OCH3 is 2. The van der Waals surface area contributed by atoms with Crippen LogP contribution in [0.3, 0.4) is 0 Å². The van der Waals surface area contributed by atoms with E-state index >= 15 is 0 Å². The van der Waals surface area contributed by atoms with Crippen molar-refractivity contribution >= 4 is 21.5 Å². The Morgan fingerprint density at radius 3 is 2.36 bits per heavy atom. The average molecular weight is 407 g/mol. The van der Waals surface area contributed by atoms with Gasteiger partial charge in [-0.1, -0.05) is 0 Å². The molecule has 0 radical (unpaired) electrons. The van der Waals surface area contributed by atoms with Crippen molar-refractivity contribution in [3.8, 4) is 11.5 Å². The molecule has 1 aliphatic rings. The summed E-state index contributed by atoms with van der Waals surface area (Å²) in [6.07, 6.45) is 1.69. The van der Waals surface area contributed by atoms with E-state index in [0.717, 1.165) is 11.5 Å². The smallest absolute Gasteiger partial charge is 0.246 e. The SMILES string of the molecule is COc1ccc(S(=O)(=O)N2CCN(c3cc(N(C)C)cnn3)CC2)c(OC)c1. The third-order valence-electron chi connectivity index (χ3n) is 4.69. The van der Waals surface area contributed by atoms with Crippen LogP contribution in [0.15, 0.2) is 35.4 Å². The van der Waals surface area contributed by atoms with Crippen molar-refractivity contribution in [2.24, 2.45) is 0 Å². The number of anilines is 2. The number of benzene rings is 1. The zero-order valence-corrected chi connectivity index (χ0v) is 17.3. The number of piperazine rings is 1. The molecule has 2 heterocycles. The summed E-state index contributed by atoms with van der Waals surface area (Å²) in [5.41, 5.74) is 0.947. The summed E-state index contributed by atoms with van der Waals surface area (Å²) in [6.45, 7) is 1.77. The van der Waals surface area contributed by atoms with E-state index in [0.29, 0.717) is 31.9 Å². The predicted octanol–water partition coefficient (Wildman–Crippen LogP) is 1.07. The van der Waals surface area contributed by atoms with Gasteiger partial charge in [-0.25, -0.2) is 8.42 Å². The molecule has 0 N–H and O–H groups in total. The van der Waals surface area contributed by atoms with E-state index in [1.165, 1.54) is 24.6 Å². The van der Waals surface area contributed by atoms with Crippen LogP contribution in [0.5, 0.6) is 11.5 Å². The predicted molar refractivity (Wildman–Crippen MR) is 107 cm³/mol. The lowest BCUT2D eigenvalue weighted by Crippen LogP contribution is -2.49. The number of hydrogen-bond acceptors (Lipinski definition) is 8. The zero-order valence-electron chi connectivity index (χ0n) is 16.5. The summed E-state index contributed by atoms with van der Waals surface area (Å²) in [5.74, 6) is 1.55. The maximum absolute atomic E-state index is 13.1. The van der Waals surface area contributed by atoms with Crippen LogP contribution in [0.25, 0.3) is 0 Å². The summed E-state index contributed by atoms with van der Waals surface area (Å²) >= 11 is 0. The number of sulfonamides is 1. The minimum Gasteiger partial charge on any atom is -0.497 e. The fourth-order valence-electron chi connectivity index (χ4n) is 3.03. The molecule has 1 saturated heterocycles. The van der Waals surface area contributed by atoms with Crippen LogP contribution >= 0.6 is 0 Å². The van der Waals surface area contributed by atoms with Gasteiger partial charge in [0.2, 0.25) is 10.0 Å². The molecule has 0 aliphatic carbocycles. The van der Waals surface area contributed by atoms with Crippen LogP contribution in [0.2, 0.25) is 0 Å². The van der Waals surface area contributed by atoms with Gasteiger partial charge in [-0.15, -0.1) is 5.10 Å². The second-order valence-corrected chi connectivity index (χ2v) is 8.48. The van der Waals surface area contributed by atoms with E-state index < -0.39 is 10.0 Å². The zero-order chi connectivity index (χ0) is 20.3. The van der Waals surface area contributed by atoms with E-state index in [1.807, 2.05) is 30.0 Å². The van der Waals surface area contributed by atoms with Crippen LogP contribution in [0.1, 0.15) is 0 Å². The second-order valence-electron chi connectivity index (χ2n) is 6.57. The van der Waals surface area contributed by atoms with E-state index in [9.17, 15) is 8.42 Å². The van der Waals surface area contributed by atoms with Crippen LogP contribution in [0, 0.1) is 0 Å². The summed E-state index contributed by atoms with van der Waals surface area (Å²) in [6, 6.07) is 6.66. The minimum absolute atomic E-state index is 0.138. The molecular formula is C18H25N5O4S. The Morgan fingerprint density at radius 1 is 1.04 bits per heavy atom. The van der Waals surface area contributed by atoms with Crippen molar-refractivity contribution in [3.05, 3.63) is 30.5 Å². The van der Waals surface area contributed by atoms with E-state index in [2.05, 4.69) is 10.2 Å². The molecule has 28 heavy (non-hydrogen) atoms. The summed E-state index contributed by atoms with van der Waals surface area (Å²) < 4.78 is 38.1. The van der Waals surface area contributed by atoms with Gasteiger partial charge in [-0.3, -0.25) is 0 Å². The molecule has 0 bridgehead atoms. The Kier molecular flexibility index (Phi) is 5.90. The Bertz CT molecular complexity index is 927. The van der Waals surface area contributed by atoms with E-state index in [1.54, 1.807) is 18.3 Å². The molecule has 0 spiro atoms. The quantitative estimate of drug-likeness (QED) is 0.703. The molecule has 0 atom stereocenters. The third-order valence-corrected chi connectivity index (χ3v) is 6.63. The van der Waals surface area contributed by atoms with Crippen molar-refractivity contribution in [1.29, 1.82) is 0 Å². The normalized spacial score (nSPS) is 15.4. The Hall–Kier alpha value is -2.59. The van der Waals surface area contributed by atoms with Crippen LogP contribution in [-0.2, 0) is 10.0 Å². The first-order chi connectivity index (χ1) is 13.4. The van der Waals surface area contributed by atoms with Crippen LogP contribution in [-0.4, -0.2) is 77.4 Å². The number of ether oxygens (including phenoxy) is 2. The van der Waals surface area contributed by atoms with E-state index in [-0.39, 0.29) is 10.6 Å². The standard InChI is InChI=1S/C18H25N5O4S/c1-21(2)14-11-18(20-19-13-14)22-7-9-23(10-8-22)28(24,25)17-6-5-15(26-3)12-16(17)27-4/h5-6,11-13H,7-10H2,1-4H3. The number of aromatic nitrogens is 2. The van der Waals surface area contributed by atoms with Gasteiger partial charge in [0.1, 0.15) is 16.4 Å². The molecule has 0 saturated carbocycles. The van der Waals surface area contributed by atoms with Crippen molar-refractivity contribution in [2.75, 3.05) is 64.3 Å². The average Bonchev–Trinajstić information content (AvgIpc) is 2.73. The molecule has 1 aromatic carbocycles. The van der Waals surface area contributed by atoms with E-state index in [4.69, 9.17) is 9.47 Å². The topological polar surface area (TPSA) is 88.1 Å². The lowest BCUT2D eigenvalue weighted by molar-refractivity contribution is 0.369. The van der Waals surface area contributed by atoms with Gasteiger partial charge < -0.3 is 19.3 Å². The number of nitrogens with zero attached hydrogens (tertiary/aromatic N) is 5. The maximum atomic E-state index is 13.1. The highest BCUT2D eigenvalue weighted by molar-refractivity contribution is 7.89. The molecule has 1 fully saturated rings. The molecule has 0 unspecified atom stereocenters. The molecule has 3 rings (SSSR count). The first-order valence-electron chi connectivity index (χ1n) is 8.84. The first-order valence-corrected chi connectivity index (χ1v) is 10.3. The summed E-state index contributed by atoms with van der Waals surface area (Å²) in [5, 5.41) is 8.23. The van der Waals surface area contributed by atoms with Gasteiger partial charge in [0, 0.05) is 52.4 Å². The van der Waals surface area contributed by atoms with Crippen LogP contribution in [0.4, 0.5) is 11.5 Å². The van der Waals surface area contributed by atoms with Gasteiger partial charge in [-0.05, 0) is 12.1 Å². The Labute approximate surface area is 165 Å². The minimum atomic E-state index is -3.68. The molecule has 152 valence electrons. The van der Waals surface area contributed by atoms with Gasteiger partial charge >= 0.3 is 0 Å². The highest BCUT2D eigenvalue weighted by Crippen LogP contribution is 2.31. The Morgan fingerprint density at radius 2 is 1.75 bits per heavy atom. The van der Waals surface area contributed by atoms with Gasteiger partial charge in [0.15, 0.2) is 5.82 Å². The molecule has 9 nitrogen and oxygen atoms in total. The van der Waals surface area contributed by atoms with Crippen molar-refractivity contribution in [3.63, 3.8) is 0 Å². The number of rotatable bonds is 6. The van der Waals surface area contributed by atoms with Gasteiger partial charge in [0.25, 0.3) is 0 Å². The number of hydrogen-bond donors (Lipinski definition) is 0. The lowest BCUT2D eigenvalue weighted by Gasteiger charge is -2.34. The first kappa shape index (κ1) is 20.2. The largest absolute Gasteiger partial charge is 0.497 e. The lowest BCUT2D eigenvalue weighted by atomic mass is 10.3. The second kappa shape index (κ2) is 8.19. The monoisotopic (exact) mass is 407 g/mol. The molecule has 10 heteroatoms. The molecule has 1 aliphatic heterocycles. The van der Waals surface area contributed by atoms with Crippen molar-refractivity contribution < 1.29 is 17.9 Å². The Balaban J connectivity index is 1.76. The van der Waals surface area contributed by atoms with Gasteiger partial charge in [-0.2, -0.15) is 9.40 Å². The molecule has 0 amide bonds. The fourth-order valence-corrected chi connectivity index (χ4v) is 4.59. The highest BCUT2D eigenvalue weighted by Gasteiger charge is 2.31. The van der Waals surface area contributed by atoms with Crippen molar-refractivity contribution in [2.45, 2.75) is 4.90 Å². The van der Waals surface area contributed by atoms with Crippen LogP contribution < -0.4 is 19.3 Å². The third kappa shape index (κ3) is 3.97. The summed E-state index contributed by atoms with van der Waals surface area (Å²) in [4.78, 5) is 4.13. The summed E-state index contributed by atoms with van der Waals surface area (Å²) in [7, 11) is 3.17. The molecule has 1 aromatic heterocycles. The molecule has 2 aromatic rings. The van der Waals surface area contributed by atoms with Gasteiger partial charge in [0.05, 0.1) is 26.1 Å². The maximum Gasteiger partial charge on any atom is 0.246 e.